The van der Waals surface area contributed by atoms with Crippen molar-refractivity contribution in [3.8, 4) is 5.75 Å². The summed E-state index contributed by atoms with van der Waals surface area (Å²) in [5, 5.41) is 4.38. The molecule has 0 spiro atoms. The molecule has 0 radical (unpaired) electrons. The van der Waals surface area contributed by atoms with Gasteiger partial charge in [0.1, 0.15) is 5.75 Å². The maximum Gasteiger partial charge on any atom is 0.161 e. The van der Waals surface area contributed by atoms with E-state index in [9.17, 15) is 0 Å². The Morgan fingerprint density at radius 3 is 2.95 bits per heavy atom. The zero-order valence-electron chi connectivity index (χ0n) is 11.4. The summed E-state index contributed by atoms with van der Waals surface area (Å²) in [7, 11) is 1.67. The molecule has 2 rings (SSSR count). The lowest BCUT2D eigenvalue weighted by Gasteiger charge is -2.08. The number of nitrogens with one attached hydrogen (secondary N) is 1. The molecule has 1 N–H and O–H groups in total. The quantitative estimate of drug-likeness (QED) is 0.880. The molecule has 104 valence electrons. The lowest BCUT2D eigenvalue weighted by Crippen LogP contribution is -2.08. The number of ether oxygens (including phenoxy) is 1. The fourth-order valence-corrected chi connectivity index (χ4v) is 3.53. The average Bonchev–Trinajstić information content (AvgIpc) is 2.76. The van der Waals surface area contributed by atoms with Gasteiger partial charge in [-0.15, -0.1) is 0 Å². The van der Waals surface area contributed by atoms with E-state index in [0.29, 0.717) is 12.0 Å². The van der Waals surface area contributed by atoms with E-state index in [1.807, 2.05) is 18.2 Å². The molecule has 1 unspecified atom stereocenters. The fraction of sp³-hybridized carbons (Fsp3) is 0.500. The first-order valence-electron chi connectivity index (χ1n) is 6.39. The van der Waals surface area contributed by atoms with E-state index in [1.165, 1.54) is 0 Å². The van der Waals surface area contributed by atoms with Crippen molar-refractivity contribution in [3.05, 3.63) is 22.7 Å². The summed E-state index contributed by atoms with van der Waals surface area (Å²) in [6.07, 6.45) is 1.16. The highest BCUT2D eigenvalue weighted by Gasteiger charge is 2.19. The van der Waals surface area contributed by atoms with E-state index in [-0.39, 0.29) is 0 Å². The van der Waals surface area contributed by atoms with Gasteiger partial charge >= 0.3 is 0 Å². The van der Waals surface area contributed by atoms with Crippen LogP contribution >= 0.6 is 27.7 Å². The molecule has 0 saturated carbocycles. The average molecular weight is 343 g/mol. The molecule has 1 atom stereocenters. The van der Waals surface area contributed by atoms with Gasteiger partial charge in [0.15, 0.2) is 5.17 Å². The highest BCUT2D eigenvalue weighted by molar-refractivity contribution is 9.10. The minimum atomic E-state index is 0.453. The third-order valence-corrected chi connectivity index (χ3v) is 4.51. The summed E-state index contributed by atoms with van der Waals surface area (Å²) >= 11 is 5.29. The largest absolute Gasteiger partial charge is 0.496 e. The smallest absolute Gasteiger partial charge is 0.161 e. The van der Waals surface area contributed by atoms with Gasteiger partial charge in [0.2, 0.25) is 0 Å². The van der Waals surface area contributed by atoms with Gasteiger partial charge in [-0.1, -0.05) is 25.6 Å². The Kier molecular flexibility index (Phi) is 5.16. The second-order valence-corrected chi connectivity index (χ2v) is 6.87. The van der Waals surface area contributed by atoms with Crippen molar-refractivity contribution >= 4 is 38.5 Å². The molecular weight excluding hydrogens is 324 g/mol. The fourth-order valence-electron chi connectivity index (χ4n) is 2.02. The highest BCUT2D eigenvalue weighted by Crippen LogP contribution is 2.29. The van der Waals surface area contributed by atoms with Gasteiger partial charge in [0.25, 0.3) is 0 Å². The lowest BCUT2D eigenvalue weighted by atomic mass is 10.1. The zero-order chi connectivity index (χ0) is 13.8. The molecule has 0 fully saturated rings. The summed E-state index contributed by atoms with van der Waals surface area (Å²) in [6, 6.07) is 6.41. The van der Waals surface area contributed by atoms with Crippen molar-refractivity contribution in [2.24, 2.45) is 10.9 Å². The van der Waals surface area contributed by atoms with Crippen molar-refractivity contribution in [1.29, 1.82) is 0 Å². The summed E-state index contributed by atoms with van der Waals surface area (Å²) in [4.78, 5) is 4.72. The molecule has 1 aliphatic heterocycles. The van der Waals surface area contributed by atoms with Crippen LogP contribution in [-0.4, -0.2) is 24.1 Å². The number of hydrogen-bond acceptors (Lipinski definition) is 4. The minimum Gasteiger partial charge on any atom is -0.496 e. The van der Waals surface area contributed by atoms with E-state index in [0.717, 1.165) is 33.3 Å². The number of halogens is 1. The minimum absolute atomic E-state index is 0.453. The van der Waals surface area contributed by atoms with Crippen molar-refractivity contribution in [3.63, 3.8) is 0 Å². The Hall–Kier alpha value is -0.680. The standard InChI is InChI=1S/C14H19BrN2OS/c1-9(2)6-11-8-19-14(17-11)16-10-4-5-13(18-3)12(15)7-10/h4-5,7,9,11H,6,8H2,1-3H3,(H,16,17). The predicted molar refractivity (Wildman–Crippen MR) is 87.5 cm³/mol. The number of amidine groups is 1. The first-order chi connectivity index (χ1) is 9.08. The van der Waals surface area contributed by atoms with Gasteiger partial charge in [-0.05, 0) is 46.5 Å². The molecule has 1 heterocycles. The van der Waals surface area contributed by atoms with Gasteiger partial charge in [-0.3, -0.25) is 4.99 Å². The molecule has 1 aromatic carbocycles. The van der Waals surface area contributed by atoms with E-state index in [1.54, 1.807) is 18.9 Å². The van der Waals surface area contributed by atoms with Crippen molar-refractivity contribution in [2.75, 3.05) is 18.2 Å². The number of methoxy groups -OCH3 is 1. The first kappa shape index (κ1) is 14.7. The molecule has 19 heavy (non-hydrogen) atoms. The molecule has 0 saturated heterocycles. The third-order valence-electron chi connectivity index (χ3n) is 2.86. The van der Waals surface area contributed by atoms with Crippen LogP contribution < -0.4 is 10.1 Å². The third kappa shape index (κ3) is 4.14. The Morgan fingerprint density at radius 2 is 2.32 bits per heavy atom. The molecule has 0 amide bonds. The number of anilines is 1. The summed E-state index contributed by atoms with van der Waals surface area (Å²) < 4.78 is 6.17. The van der Waals surface area contributed by atoms with Crippen molar-refractivity contribution in [1.82, 2.24) is 0 Å². The van der Waals surface area contributed by atoms with Crippen LogP contribution in [0.1, 0.15) is 20.3 Å². The van der Waals surface area contributed by atoms with Crippen LogP contribution in [0.5, 0.6) is 5.75 Å². The number of aliphatic imine (C=N–C) groups is 1. The van der Waals surface area contributed by atoms with E-state index >= 15 is 0 Å². The van der Waals surface area contributed by atoms with Crippen molar-refractivity contribution < 1.29 is 4.74 Å². The first-order valence-corrected chi connectivity index (χ1v) is 8.17. The van der Waals surface area contributed by atoms with E-state index in [2.05, 4.69) is 35.1 Å². The second kappa shape index (κ2) is 6.66. The molecule has 0 bridgehead atoms. The SMILES string of the molecule is COc1ccc(NC2=NC(CC(C)C)CS2)cc1Br. The Balaban J connectivity index is 2.00. The second-order valence-electron chi connectivity index (χ2n) is 5.00. The van der Waals surface area contributed by atoms with Crippen LogP contribution in [0.15, 0.2) is 27.7 Å². The van der Waals surface area contributed by atoms with Gasteiger partial charge < -0.3 is 10.1 Å². The van der Waals surface area contributed by atoms with Gasteiger partial charge in [-0.25, -0.2) is 0 Å². The monoisotopic (exact) mass is 342 g/mol. The van der Waals surface area contributed by atoms with Gasteiger partial charge in [0.05, 0.1) is 17.6 Å². The molecule has 1 aromatic rings. The zero-order valence-corrected chi connectivity index (χ0v) is 13.8. The molecule has 0 aromatic heterocycles. The molecule has 1 aliphatic rings. The van der Waals surface area contributed by atoms with Crippen LogP contribution in [-0.2, 0) is 0 Å². The number of benzene rings is 1. The van der Waals surface area contributed by atoms with E-state index < -0.39 is 0 Å². The maximum atomic E-state index is 5.22. The Morgan fingerprint density at radius 1 is 1.53 bits per heavy atom. The Bertz CT molecular complexity index is 477. The predicted octanol–water partition coefficient (Wildman–Crippen LogP) is 4.39. The molecular formula is C14H19BrN2OS. The van der Waals surface area contributed by atoms with E-state index in [4.69, 9.17) is 9.73 Å². The lowest BCUT2D eigenvalue weighted by molar-refractivity contribution is 0.412. The number of thioether (sulfide) groups is 1. The van der Waals surface area contributed by atoms with Crippen LogP contribution in [0.4, 0.5) is 5.69 Å². The van der Waals surface area contributed by atoms with Gasteiger partial charge in [-0.2, -0.15) is 0 Å². The number of hydrogen-bond donors (Lipinski definition) is 1. The highest BCUT2D eigenvalue weighted by atomic mass is 79.9. The number of rotatable bonds is 4. The number of nitrogens with zero attached hydrogens (tertiary/aromatic N) is 1. The summed E-state index contributed by atoms with van der Waals surface area (Å²) in [5.74, 6) is 2.62. The summed E-state index contributed by atoms with van der Waals surface area (Å²) in [5.41, 5.74) is 1.03. The van der Waals surface area contributed by atoms with Gasteiger partial charge in [0, 0.05) is 11.4 Å². The molecule has 0 aliphatic carbocycles. The maximum absolute atomic E-state index is 5.22. The topological polar surface area (TPSA) is 33.6 Å². The molecule has 5 heteroatoms. The van der Waals surface area contributed by atoms with Crippen molar-refractivity contribution in [2.45, 2.75) is 26.3 Å². The Labute approximate surface area is 127 Å². The van der Waals surface area contributed by atoms with Crippen LogP contribution in [0.3, 0.4) is 0 Å². The molecule has 3 nitrogen and oxygen atoms in total. The van der Waals surface area contributed by atoms with Crippen LogP contribution in [0.2, 0.25) is 0 Å². The normalized spacial score (nSPS) is 18.6. The van der Waals surface area contributed by atoms with Crippen LogP contribution in [0, 0.1) is 5.92 Å². The summed E-state index contributed by atoms with van der Waals surface area (Å²) in [6.45, 7) is 4.48. The van der Waals surface area contributed by atoms with Crippen LogP contribution in [0.25, 0.3) is 0 Å².